The van der Waals surface area contributed by atoms with Crippen LogP contribution in [0.3, 0.4) is 0 Å². The van der Waals surface area contributed by atoms with Gasteiger partial charge >= 0.3 is 5.69 Å². The minimum atomic E-state index is -0.637. The van der Waals surface area contributed by atoms with Crippen LogP contribution in [0.2, 0.25) is 0 Å². The van der Waals surface area contributed by atoms with Crippen LogP contribution >= 0.6 is 0 Å². The number of aromatic nitrogens is 4. The molecule has 0 unspecified atom stereocenters. The summed E-state index contributed by atoms with van der Waals surface area (Å²) in [5.74, 6) is 0.248. The van der Waals surface area contributed by atoms with Crippen LogP contribution in [0.1, 0.15) is 11.4 Å². The van der Waals surface area contributed by atoms with Crippen LogP contribution in [0.15, 0.2) is 49.4 Å². The van der Waals surface area contributed by atoms with Gasteiger partial charge in [-0.05, 0) is 12.1 Å². The number of hydrogen-bond donors (Lipinski definition) is 1. The van der Waals surface area contributed by atoms with Crippen molar-refractivity contribution in [2.45, 2.75) is 6.54 Å². The average Bonchev–Trinajstić information content (AvgIpc) is 3.11. The van der Waals surface area contributed by atoms with Crippen LogP contribution in [-0.4, -0.2) is 30.6 Å². The van der Waals surface area contributed by atoms with Gasteiger partial charge in [-0.25, -0.2) is 4.79 Å². The van der Waals surface area contributed by atoms with Gasteiger partial charge in [-0.2, -0.15) is 4.98 Å². The minimum absolute atomic E-state index is 0.0573. The Morgan fingerprint density at radius 1 is 1.20 bits per heavy atom. The highest BCUT2D eigenvalue weighted by molar-refractivity contribution is 5.81. The Kier molecular flexibility index (Phi) is 4.29. The summed E-state index contributed by atoms with van der Waals surface area (Å²) in [5.41, 5.74) is -0.557. The number of rotatable bonds is 4. The van der Waals surface area contributed by atoms with Gasteiger partial charge in [0.25, 0.3) is 11.4 Å². The molecule has 0 saturated carbocycles. The molecule has 0 saturated heterocycles. The average molecular weight is 341 g/mol. The molecule has 0 radical (unpaired) electrons. The smallest absolute Gasteiger partial charge is 0.333 e. The molecule has 0 fully saturated rings. The zero-order chi connectivity index (χ0) is 18.0. The molecule has 2 aromatic heterocycles. The molecule has 9 heteroatoms. The Balaban J connectivity index is 1.83. The molecule has 0 aliphatic heterocycles. The Morgan fingerprint density at radius 3 is 2.64 bits per heavy atom. The van der Waals surface area contributed by atoms with E-state index in [9.17, 15) is 14.7 Å². The first-order chi connectivity index (χ1) is 12.0. The molecule has 1 N–H and O–H groups in total. The second-order valence-corrected chi connectivity index (χ2v) is 5.29. The predicted octanol–water partition coefficient (Wildman–Crippen LogP) is 0.459. The molecule has 25 heavy (non-hydrogen) atoms. The lowest BCUT2D eigenvalue weighted by atomic mass is 10.2. The summed E-state index contributed by atoms with van der Waals surface area (Å²) in [4.78, 5) is 32.0. The molecule has 128 valence electrons. The van der Waals surface area contributed by atoms with Gasteiger partial charge in [0.1, 0.15) is 12.1 Å². The highest BCUT2D eigenvalue weighted by atomic mass is 16.5. The minimum Gasteiger partial charge on any atom is -0.494 e. The molecule has 9 nitrogen and oxygen atoms in total. The molecule has 3 rings (SSSR count). The molecule has 2 heterocycles. The summed E-state index contributed by atoms with van der Waals surface area (Å²) in [6.07, 6.45) is 1.19. The fourth-order valence-corrected chi connectivity index (χ4v) is 2.21. The topological polar surface area (TPSA) is 116 Å². The van der Waals surface area contributed by atoms with E-state index >= 15 is 0 Å². The fraction of sp³-hybridized carbons (Fsp3) is 0.188. The van der Waals surface area contributed by atoms with Crippen LogP contribution in [-0.2, 0) is 20.6 Å². The molecular formula is C16H15N5O4. The zero-order valence-electron chi connectivity index (χ0n) is 13.6. The van der Waals surface area contributed by atoms with E-state index in [1.165, 1.54) is 20.3 Å². The number of aliphatic imine (C=N–C) groups is 1. The van der Waals surface area contributed by atoms with Crippen LogP contribution in [0.5, 0.6) is 5.88 Å². The molecule has 0 bridgehead atoms. The van der Waals surface area contributed by atoms with Crippen LogP contribution in [0.25, 0.3) is 11.5 Å². The van der Waals surface area contributed by atoms with Gasteiger partial charge in [0.2, 0.25) is 5.88 Å². The van der Waals surface area contributed by atoms with Crippen LogP contribution < -0.4 is 11.2 Å². The van der Waals surface area contributed by atoms with Crippen molar-refractivity contribution in [3.05, 3.63) is 62.6 Å². The predicted molar refractivity (Wildman–Crippen MR) is 89.6 cm³/mol. The van der Waals surface area contributed by atoms with Gasteiger partial charge in [-0.15, -0.1) is 0 Å². The molecular weight excluding hydrogens is 326 g/mol. The van der Waals surface area contributed by atoms with Gasteiger partial charge < -0.3 is 9.63 Å². The Hall–Kier alpha value is -3.49. The van der Waals surface area contributed by atoms with E-state index in [0.29, 0.717) is 11.7 Å². The van der Waals surface area contributed by atoms with Gasteiger partial charge in [0, 0.05) is 25.9 Å². The van der Waals surface area contributed by atoms with E-state index in [4.69, 9.17) is 4.52 Å². The van der Waals surface area contributed by atoms with E-state index in [1.807, 2.05) is 30.3 Å². The summed E-state index contributed by atoms with van der Waals surface area (Å²) in [5, 5.41) is 13.8. The van der Waals surface area contributed by atoms with Crippen molar-refractivity contribution in [3.8, 4) is 17.3 Å². The standard InChI is InChI=1S/C16H15N5O4/c1-20-14(22)11(15(23)21(2)16(20)24)8-17-9-12-18-13(25-19-12)10-6-4-3-5-7-10/h3-8,22H,9H2,1-2H3. The first-order valence-corrected chi connectivity index (χ1v) is 7.36. The lowest BCUT2D eigenvalue weighted by Gasteiger charge is -2.06. The van der Waals surface area contributed by atoms with E-state index in [0.717, 1.165) is 14.7 Å². The van der Waals surface area contributed by atoms with E-state index in [1.54, 1.807) is 0 Å². The van der Waals surface area contributed by atoms with Crippen molar-refractivity contribution >= 4 is 6.21 Å². The number of aromatic hydroxyl groups is 1. The van der Waals surface area contributed by atoms with Crippen molar-refractivity contribution < 1.29 is 9.63 Å². The molecule has 3 aromatic rings. The first-order valence-electron chi connectivity index (χ1n) is 7.36. The fourth-order valence-electron chi connectivity index (χ4n) is 2.21. The normalized spacial score (nSPS) is 11.3. The van der Waals surface area contributed by atoms with Crippen molar-refractivity contribution in [1.82, 2.24) is 19.3 Å². The quantitative estimate of drug-likeness (QED) is 0.689. The van der Waals surface area contributed by atoms with Crippen molar-refractivity contribution in [2.75, 3.05) is 0 Å². The number of benzene rings is 1. The van der Waals surface area contributed by atoms with E-state index in [2.05, 4.69) is 15.1 Å². The van der Waals surface area contributed by atoms with Gasteiger partial charge in [0.15, 0.2) is 5.82 Å². The summed E-state index contributed by atoms with van der Waals surface area (Å²) in [6.45, 7) is 0.0573. The second kappa shape index (κ2) is 6.56. The molecule has 0 amide bonds. The van der Waals surface area contributed by atoms with Gasteiger partial charge in [-0.3, -0.25) is 18.9 Å². The lowest BCUT2D eigenvalue weighted by Crippen LogP contribution is -2.38. The summed E-state index contributed by atoms with van der Waals surface area (Å²) < 4.78 is 7.01. The molecule has 0 aliphatic carbocycles. The monoisotopic (exact) mass is 341 g/mol. The van der Waals surface area contributed by atoms with E-state index in [-0.39, 0.29) is 12.1 Å². The number of nitrogens with zero attached hydrogens (tertiary/aromatic N) is 5. The SMILES string of the molecule is Cn1c(O)c(C=NCc2noc(-c3ccccc3)n2)c(=O)n(C)c1=O. The highest BCUT2D eigenvalue weighted by Gasteiger charge is 2.13. The molecule has 0 spiro atoms. The third-order valence-corrected chi connectivity index (χ3v) is 3.61. The maximum absolute atomic E-state index is 12.0. The first kappa shape index (κ1) is 16.4. The van der Waals surface area contributed by atoms with Crippen LogP contribution in [0, 0.1) is 0 Å². The maximum Gasteiger partial charge on any atom is 0.333 e. The van der Waals surface area contributed by atoms with Gasteiger partial charge in [0.05, 0.1) is 0 Å². The molecule has 0 aliphatic rings. The lowest BCUT2D eigenvalue weighted by molar-refractivity contribution is 0.410. The highest BCUT2D eigenvalue weighted by Crippen LogP contribution is 2.16. The van der Waals surface area contributed by atoms with Crippen LogP contribution in [0.4, 0.5) is 0 Å². The second-order valence-electron chi connectivity index (χ2n) is 5.29. The summed E-state index contributed by atoms with van der Waals surface area (Å²) >= 11 is 0. The van der Waals surface area contributed by atoms with E-state index < -0.39 is 17.1 Å². The number of hydrogen-bond acceptors (Lipinski definition) is 7. The Bertz CT molecular complexity index is 1050. The third-order valence-electron chi connectivity index (χ3n) is 3.61. The van der Waals surface area contributed by atoms with Gasteiger partial charge in [-0.1, -0.05) is 23.4 Å². The van der Waals surface area contributed by atoms with Crippen molar-refractivity contribution in [2.24, 2.45) is 19.1 Å². The largest absolute Gasteiger partial charge is 0.494 e. The zero-order valence-corrected chi connectivity index (χ0v) is 13.6. The maximum atomic E-state index is 12.0. The molecule has 1 aromatic carbocycles. The van der Waals surface area contributed by atoms with Crippen molar-refractivity contribution in [1.29, 1.82) is 0 Å². The summed E-state index contributed by atoms with van der Waals surface area (Å²) in [6, 6.07) is 9.27. The Morgan fingerprint density at radius 2 is 1.92 bits per heavy atom. The van der Waals surface area contributed by atoms with Crippen molar-refractivity contribution in [3.63, 3.8) is 0 Å². The molecule has 0 atom stereocenters. The summed E-state index contributed by atoms with van der Waals surface area (Å²) in [7, 11) is 2.69. The third kappa shape index (κ3) is 3.11. The Labute approximate surface area is 141 Å².